The molecule has 0 radical (unpaired) electrons. The number of fused-ring (bicyclic) bond motifs is 1. The van der Waals surface area contributed by atoms with Gasteiger partial charge in [-0.2, -0.15) is 0 Å². The summed E-state index contributed by atoms with van der Waals surface area (Å²) in [5, 5.41) is 10.1. The minimum absolute atomic E-state index is 0.0281. The van der Waals surface area contributed by atoms with E-state index in [1.807, 2.05) is 75.6 Å². The van der Waals surface area contributed by atoms with E-state index in [0.717, 1.165) is 38.0 Å². The van der Waals surface area contributed by atoms with Crippen LogP contribution in [0.4, 0.5) is 5.69 Å². The minimum atomic E-state index is -0.346. The number of aliphatic hydroxyl groups is 1. The molecule has 0 aliphatic carbocycles. The lowest BCUT2D eigenvalue weighted by Gasteiger charge is -2.36. The number of hydrogen-bond donors (Lipinski definition) is 1. The Labute approximate surface area is 228 Å². The zero-order chi connectivity index (χ0) is 27.7. The number of likely N-dealkylation sites (N-methyl/N-ethyl adjacent to an activating group) is 1. The highest BCUT2D eigenvalue weighted by atomic mass is 16.5. The Bertz CT molecular complexity index is 1000. The van der Waals surface area contributed by atoms with Crippen LogP contribution in [0.2, 0.25) is 0 Å². The first-order valence-corrected chi connectivity index (χ1v) is 13.8. The number of ether oxygens (including phenoxy) is 2. The van der Waals surface area contributed by atoms with Crippen molar-refractivity contribution in [3.8, 4) is 5.75 Å². The number of benzene rings is 1. The summed E-state index contributed by atoms with van der Waals surface area (Å²) in [5.41, 5.74) is 2.65. The average molecular weight is 527 g/mol. The van der Waals surface area contributed by atoms with Gasteiger partial charge in [0.15, 0.2) is 0 Å². The average Bonchev–Trinajstić information content (AvgIpc) is 2.90. The van der Waals surface area contributed by atoms with Gasteiger partial charge >= 0.3 is 0 Å². The molecular formula is C30H46N4O4. The molecule has 210 valence electrons. The van der Waals surface area contributed by atoms with Crippen molar-refractivity contribution in [3.63, 3.8) is 0 Å². The fraction of sp³-hybridized carbons (Fsp3) is 0.600. The molecule has 8 nitrogen and oxygen atoms in total. The fourth-order valence-electron chi connectivity index (χ4n) is 4.82. The molecular weight excluding hydrogens is 480 g/mol. The van der Waals surface area contributed by atoms with Crippen molar-refractivity contribution in [2.45, 2.75) is 64.8 Å². The molecule has 38 heavy (non-hydrogen) atoms. The number of nitrogens with zero attached hydrogens (tertiary/aromatic N) is 4. The third-order valence-corrected chi connectivity index (χ3v) is 7.24. The molecule has 3 rings (SSSR count). The second-order valence-corrected chi connectivity index (χ2v) is 10.9. The summed E-state index contributed by atoms with van der Waals surface area (Å²) in [7, 11) is 6.01. The van der Waals surface area contributed by atoms with Gasteiger partial charge < -0.3 is 24.4 Å². The Hall–Kier alpha value is -2.68. The first kappa shape index (κ1) is 29.9. The molecule has 0 saturated heterocycles. The Morgan fingerprint density at radius 3 is 2.55 bits per heavy atom. The Morgan fingerprint density at radius 1 is 1.13 bits per heavy atom. The molecule has 1 N–H and O–H groups in total. The number of hydrogen-bond acceptors (Lipinski definition) is 7. The standard InChI is InChI=1S/C30H46N4O4/c1-22-18-34(23(2)21-35)30(36)27-17-26(32(4)5)10-11-28(27)38-24(3)9-7-8-16-37-29(22)20-33(6)19-25-12-14-31-15-13-25/h10-15,17,22-24,29,35H,7-9,16,18-21H2,1-6H3/t22-,23+,24-,29-/m0/s1. The number of carbonyl (C=O) groups excluding carboxylic acids is 1. The topological polar surface area (TPSA) is 78.4 Å². The van der Waals surface area contributed by atoms with Gasteiger partial charge in [0.25, 0.3) is 5.91 Å². The second kappa shape index (κ2) is 14.5. The van der Waals surface area contributed by atoms with E-state index in [4.69, 9.17) is 9.47 Å². The van der Waals surface area contributed by atoms with E-state index < -0.39 is 0 Å². The van der Waals surface area contributed by atoms with Crippen LogP contribution in [0.1, 0.15) is 56.0 Å². The molecule has 0 spiro atoms. The van der Waals surface area contributed by atoms with Crippen molar-refractivity contribution in [1.82, 2.24) is 14.8 Å². The third kappa shape index (κ3) is 8.41. The Kier molecular flexibility index (Phi) is 11.4. The van der Waals surface area contributed by atoms with E-state index in [1.165, 1.54) is 5.56 Å². The molecule has 0 saturated carbocycles. The number of pyridine rings is 1. The molecule has 0 bridgehead atoms. The van der Waals surface area contributed by atoms with Gasteiger partial charge in [0.2, 0.25) is 0 Å². The highest BCUT2D eigenvalue weighted by Crippen LogP contribution is 2.29. The number of anilines is 1. The number of amides is 1. The quantitative estimate of drug-likeness (QED) is 0.583. The molecule has 1 aromatic carbocycles. The van der Waals surface area contributed by atoms with E-state index in [-0.39, 0.29) is 36.7 Å². The van der Waals surface area contributed by atoms with Crippen LogP contribution in [-0.4, -0.2) is 91.5 Å². The van der Waals surface area contributed by atoms with Gasteiger partial charge in [0, 0.05) is 64.3 Å². The Balaban J connectivity index is 1.90. The van der Waals surface area contributed by atoms with Crippen LogP contribution >= 0.6 is 0 Å². The van der Waals surface area contributed by atoms with Crippen molar-refractivity contribution in [3.05, 3.63) is 53.9 Å². The van der Waals surface area contributed by atoms with Gasteiger partial charge in [0.1, 0.15) is 5.75 Å². The highest BCUT2D eigenvalue weighted by Gasteiger charge is 2.30. The molecule has 8 heteroatoms. The highest BCUT2D eigenvalue weighted by molar-refractivity contribution is 5.98. The summed E-state index contributed by atoms with van der Waals surface area (Å²) in [5.74, 6) is 0.513. The van der Waals surface area contributed by atoms with Crippen molar-refractivity contribution in [1.29, 1.82) is 0 Å². The van der Waals surface area contributed by atoms with E-state index in [0.29, 0.717) is 24.5 Å². The predicted molar refractivity (Wildman–Crippen MR) is 152 cm³/mol. The van der Waals surface area contributed by atoms with Gasteiger partial charge in [-0.1, -0.05) is 6.92 Å². The van der Waals surface area contributed by atoms with Crippen molar-refractivity contribution in [2.75, 3.05) is 52.3 Å². The smallest absolute Gasteiger partial charge is 0.258 e. The normalized spacial score (nSPS) is 22.4. The second-order valence-electron chi connectivity index (χ2n) is 10.9. The number of rotatable bonds is 7. The molecule has 1 aliphatic rings. The molecule has 1 amide bonds. The molecule has 0 fully saturated rings. The summed E-state index contributed by atoms with van der Waals surface area (Å²) >= 11 is 0. The van der Waals surface area contributed by atoms with Gasteiger partial charge in [-0.15, -0.1) is 0 Å². The van der Waals surface area contributed by atoms with Crippen LogP contribution < -0.4 is 9.64 Å². The molecule has 0 unspecified atom stereocenters. The van der Waals surface area contributed by atoms with Crippen molar-refractivity contribution >= 4 is 11.6 Å². The third-order valence-electron chi connectivity index (χ3n) is 7.24. The largest absolute Gasteiger partial charge is 0.490 e. The minimum Gasteiger partial charge on any atom is -0.490 e. The first-order valence-electron chi connectivity index (χ1n) is 13.8. The summed E-state index contributed by atoms with van der Waals surface area (Å²) in [4.78, 5) is 24.2. The zero-order valence-electron chi connectivity index (χ0n) is 24.0. The summed E-state index contributed by atoms with van der Waals surface area (Å²) in [6, 6.07) is 9.49. The fourth-order valence-corrected chi connectivity index (χ4v) is 4.82. The van der Waals surface area contributed by atoms with Crippen LogP contribution in [0.3, 0.4) is 0 Å². The predicted octanol–water partition coefficient (Wildman–Crippen LogP) is 4.08. The molecule has 2 heterocycles. The van der Waals surface area contributed by atoms with E-state index in [2.05, 4.69) is 23.9 Å². The molecule has 2 aromatic rings. The molecule has 1 aromatic heterocycles. The summed E-state index contributed by atoms with van der Waals surface area (Å²) in [6.45, 7) is 8.61. The van der Waals surface area contributed by atoms with Crippen LogP contribution in [0.5, 0.6) is 5.75 Å². The van der Waals surface area contributed by atoms with E-state index in [1.54, 1.807) is 4.90 Å². The van der Waals surface area contributed by atoms with Gasteiger partial charge in [-0.05, 0) is 76.1 Å². The van der Waals surface area contributed by atoms with Gasteiger partial charge in [0.05, 0.1) is 30.4 Å². The van der Waals surface area contributed by atoms with Crippen LogP contribution in [0.15, 0.2) is 42.7 Å². The lowest BCUT2D eigenvalue weighted by molar-refractivity contribution is -0.0177. The van der Waals surface area contributed by atoms with E-state index in [9.17, 15) is 9.90 Å². The lowest BCUT2D eigenvalue weighted by atomic mass is 10.0. The van der Waals surface area contributed by atoms with Crippen molar-refractivity contribution in [2.24, 2.45) is 5.92 Å². The number of carbonyl (C=O) groups is 1. The maximum atomic E-state index is 14.1. The maximum Gasteiger partial charge on any atom is 0.258 e. The van der Waals surface area contributed by atoms with Gasteiger partial charge in [-0.3, -0.25) is 14.7 Å². The zero-order valence-corrected chi connectivity index (χ0v) is 24.0. The van der Waals surface area contributed by atoms with Gasteiger partial charge in [-0.25, -0.2) is 0 Å². The van der Waals surface area contributed by atoms with Crippen LogP contribution in [0.25, 0.3) is 0 Å². The number of aromatic nitrogens is 1. The van der Waals surface area contributed by atoms with Crippen LogP contribution in [0, 0.1) is 5.92 Å². The number of aliphatic hydroxyl groups excluding tert-OH is 1. The first-order chi connectivity index (χ1) is 18.2. The van der Waals surface area contributed by atoms with E-state index >= 15 is 0 Å². The summed E-state index contributed by atoms with van der Waals surface area (Å²) in [6.07, 6.45) is 6.36. The monoisotopic (exact) mass is 526 g/mol. The summed E-state index contributed by atoms with van der Waals surface area (Å²) < 4.78 is 12.7. The Morgan fingerprint density at radius 2 is 1.87 bits per heavy atom. The van der Waals surface area contributed by atoms with Crippen LogP contribution in [-0.2, 0) is 11.3 Å². The SMILES string of the molecule is C[C@H](CO)N1C[C@H](C)[C@H](CN(C)Cc2ccncc2)OCCCC[C@H](C)Oc2ccc(N(C)C)cc2C1=O. The maximum absolute atomic E-state index is 14.1. The lowest BCUT2D eigenvalue weighted by Crippen LogP contribution is -2.47. The molecule has 1 aliphatic heterocycles. The van der Waals surface area contributed by atoms with Crippen molar-refractivity contribution < 1.29 is 19.4 Å². The molecule has 4 atom stereocenters.